The van der Waals surface area contributed by atoms with Crippen LogP contribution >= 0.6 is 0 Å². The first-order valence-corrected chi connectivity index (χ1v) is 8.13. The second-order valence-corrected chi connectivity index (χ2v) is 6.07. The van der Waals surface area contributed by atoms with Gasteiger partial charge in [0.15, 0.2) is 0 Å². The van der Waals surface area contributed by atoms with Gasteiger partial charge in [-0.1, -0.05) is 30.3 Å². The third kappa shape index (κ3) is 5.33. The zero-order valence-corrected chi connectivity index (χ0v) is 13.5. The molecule has 1 aromatic carbocycles. The van der Waals surface area contributed by atoms with Crippen LogP contribution < -0.4 is 11.5 Å². The number of nitrogens with two attached hydrogens (primary N) is 2. The predicted molar refractivity (Wildman–Crippen MR) is 89.3 cm³/mol. The van der Waals surface area contributed by atoms with Gasteiger partial charge in [0.1, 0.15) is 0 Å². The molecule has 2 amide bonds. The first kappa shape index (κ1) is 17.4. The molecular weight excluding hydrogens is 292 g/mol. The molecule has 0 bridgehead atoms. The van der Waals surface area contributed by atoms with Gasteiger partial charge < -0.3 is 16.4 Å². The molecule has 23 heavy (non-hydrogen) atoms. The van der Waals surface area contributed by atoms with Crippen molar-refractivity contribution in [2.45, 2.75) is 19.4 Å². The predicted octanol–water partition coefficient (Wildman–Crippen LogP) is 0.171. The highest BCUT2D eigenvalue weighted by Crippen LogP contribution is 2.16. The van der Waals surface area contributed by atoms with Crippen LogP contribution in [0.25, 0.3) is 0 Å². The number of carbonyl (C=O) groups excluding carboxylic acids is 2. The van der Waals surface area contributed by atoms with Crippen molar-refractivity contribution in [3.63, 3.8) is 0 Å². The third-order valence-corrected chi connectivity index (χ3v) is 4.23. The summed E-state index contributed by atoms with van der Waals surface area (Å²) in [5.41, 5.74) is 12.2. The number of carbonyl (C=O) groups is 2. The van der Waals surface area contributed by atoms with E-state index in [0.717, 1.165) is 18.4 Å². The molecule has 1 aromatic rings. The lowest BCUT2D eigenvalue weighted by atomic mass is 9.97. The number of nitrogens with zero attached hydrogens (tertiary/aromatic N) is 2. The summed E-state index contributed by atoms with van der Waals surface area (Å²) >= 11 is 0. The highest BCUT2D eigenvalue weighted by Gasteiger charge is 2.27. The topological polar surface area (TPSA) is 92.7 Å². The van der Waals surface area contributed by atoms with Crippen LogP contribution in [0.15, 0.2) is 30.3 Å². The third-order valence-electron chi connectivity index (χ3n) is 4.23. The van der Waals surface area contributed by atoms with Crippen LogP contribution in [0.3, 0.4) is 0 Å². The van der Waals surface area contributed by atoms with E-state index in [1.54, 1.807) is 4.90 Å². The largest absolute Gasteiger partial charge is 0.369 e. The Bertz CT molecular complexity index is 521. The van der Waals surface area contributed by atoms with Crippen molar-refractivity contribution in [3.8, 4) is 0 Å². The highest BCUT2D eigenvalue weighted by molar-refractivity contribution is 5.81. The Labute approximate surface area is 137 Å². The molecule has 6 nitrogen and oxygen atoms in total. The van der Waals surface area contributed by atoms with E-state index in [1.807, 2.05) is 35.2 Å². The highest BCUT2D eigenvalue weighted by atomic mass is 16.2. The van der Waals surface area contributed by atoms with Gasteiger partial charge in [0.25, 0.3) is 0 Å². The first-order chi connectivity index (χ1) is 11.1. The van der Waals surface area contributed by atoms with Crippen LogP contribution in [0.1, 0.15) is 18.4 Å². The number of hydrogen-bond acceptors (Lipinski definition) is 4. The van der Waals surface area contributed by atoms with Crippen molar-refractivity contribution in [1.82, 2.24) is 9.80 Å². The molecule has 0 saturated carbocycles. The normalized spacial score (nSPS) is 18.2. The summed E-state index contributed by atoms with van der Waals surface area (Å²) in [5, 5.41) is 0. The van der Waals surface area contributed by atoms with Crippen molar-refractivity contribution in [3.05, 3.63) is 35.9 Å². The lowest BCUT2D eigenvalue weighted by Gasteiger charge is -2.33. The summed E-state index contributed by atoms with van der Waals surface area (Å²) in [6.45, 7) is 3.31. The van der Waals surface area contributed by atoms with Crippen molar-refractivity contribution in [2.75, 3.05) is 32.7 Å². The van der Waals surface area contributed by atoms with E-state index in [9.17, 15) is 9.59 Å². The minimum atomic E-state index is -0.314. The molecule has 0 aliphatic carbocycles. The zero-order valence-electron chi connectivity index (χ0n) is 13.5. The van der Waals surface area contributed by atoms with Gasteiger partial charge in [-0.3, -0.25) is 14.5 Å². The van der Waals surface area contributed by atoms with Crippen molar-refractivity contribution in [2.24, 2.45) is 17.4 Å². The molecule has 1 aliphatic heterocycles. The van der Waals surface area contributed by atoms with Crippen LogP contribution in [-0.4, -0.2) is 54.3 Å². The second kappa shape index (κ2) is 8.64. The number of primary amides is 1. The number of piperidine rings is 1. The lowest BCUT2D eigenvalue weighted by Crippen LogP contribution is -2.48. The van der Waals surface area contributed by atoms with E-state index in [4.69, 9.17) is 11.5 Å². The zero-order chi connectivity index (χ0) is 16.7. The Hall–Kier alpha value is -1.92. The van der Waals surface area contributed by atoms with Crippen LogP contribution in [0.2, 0.25) is 0 Å². The molecule has 2 rings (SSSR count). The van der Waals surface area contributed by atoms with Crippen molar-refractivity contribution in [1.29, 1.82) is 0 Å². The molecular formula is C17H26N4O2. The standard InChI is InChI=1S/C17H26N4O2/c18-8-10-20(11-14-5-2-1-3-6-14)13-16(22)21-9-4-7-15(12-21)17(19)23/h1-3,5-6,15H,4,7-13,18H2,(H2,19,23). The molecule has 126 valence electrons. The average molecular weight is 318 g/mol. The summed E-state index contributed by atoms with van der Waals surface area (Å²) in [4.78, 5) is 27.7. The van der Waals surface area contributed by atoms with Crippen LogP contribution in [0.4, 0.5) is 0 Å². The maximum absolute atomic E-state index is 12.5. The fourth-order valence-corrected chi connectivity index (χ4v) is 2.97. The minimum Gasteiger partial charge on any atom is -0.369 e. The van der Waals surface area contributed by atoms with Crippen LogP contribution in [0, 0.1) is 5.92 Å². The molecule has 1 aliphatic rings. The number of amides is 2. The molecule has 1 fully saturated rings. The van der Waals surface area contributed by atoms with Crippen LogP contribution in [0.5, 0.6) is 0 Å². The van der Waals surface area contributed by atoms with Crippen LogP contribution in [-0.2, 0) is 16.1 Å². The Morgan fingerprint density at radius 2 is 2.00 bits per heavy atom. The Balaban J connectivity index is 1.93. The Morgan fingerprint density at radius 3 is 2.65 bits per heavy atom. The molecule has 1 heterocycles. The van der Waals surface area contributed by atoms with E-state index in [2.05, 4.69) is 0 Å². The molecule has 1 unspecified atom stereocenters. The van der Waals surface area contributed by atoms with E-state index in [1.165, 1.54) is 0 Å². The molecule has 0 aromatic heterocycles. The summed E-state index contributed by atoms with van der Waals surface area (Å²) in [5.74, 6) is -0.490. The van der Waals surface area contributed by atoms with Crippen molar-refractivity contribution >= 4 is 11.8 Å². The fraction of sp³-hybridized carbons (Fsp3) is 0.529. The van der Waals surface area contributed by atoms with E-state index in [0.29, 0.717) is 39.3 Å². The van der Waals surface area contributed by atoms with Gasteiger partial charge in [0.2, 0.25) is 11.8 Å². The molecule has 1 atom stereocenters. The maximum atomic E-state index is 12.5. The number of hydrogen-bond donors (Lipinski definition) is 2. The summed E-state index contributed by atoms with van der Waals surface area (Å²) in [6.07, 6.45) is 1.60. The van der Waals surface area contributed by atoms with Gasteiger partial charge in [-0.25, -0.2) is 0 Å². The van der Waals surface area contributed by atoms with Gasteiger partial charge in [-0.05, 0) is 18.4 Å². The molecule has 0 radical (unpaired) electrons. The lowest BCUT2D eigenvalue weighted by molar-refractivity contribution is -0.136. The van der Waals surface area contributed by atoms with Gasteiger partial charge in [0.05, 0.1) is 12.5 Å². The Morgan fingerprint density at radius 1 is 1.26 bits per heavy atom. The quantitative estimate of drug-likeness (QED) is 0.749. The Kier molecular flexibility index (Phi) is 6.55. The summed E-state index contributed by atoms with van der Waals surface area (Å²) < 4.78 is 0. The van der Waals surface area contributed by atoms with Gasteiger partial charge in [-0.15, -0.1) is 0 Å². The molecule has 6 heteroatoms. The van der Waals surface area contributed by atoms with Gasteiger partial charge in [-0.2, -0.15) is 0 Å². The molecule has 4 N–H and O–H groups in total. The summed E-state index contributed by atoms with van der Waals surface area (Å²) in [7, 11) is 0. The number of likely N-dealkylation sites (tertiary alicyclic amines) is 1. The number of rotatable bonds is 7. The molecule has 1 saturated heterocycles. The van der Waals surface area contributed by atoms with Gasteiger partial charge >= 0.3 is 0 Å². The first-order valence-electron chi connectivity index (χ1n) is 8.13. The average Bonchev–Trinajstić information content (AvgIpc) is 2.56. The summed E-state index contributed by atoms with van der Waals surface area (Å²) in [6, 6.07) is 10.0. The van der Waals surface area contributed by atoms with Gasteiger partial charge in [0, 0.05) is 32.7 Å². The fourth-order valence-electron chi connectivity index (χ4n) is 2.97. The number of benzene rings is 1. The maximum Gasteiger partial charge on any atom is 0.236 e. The minimum absolute atomic E-state index is 0.0420. The van der Waals surface area contributed by atoms with E-state index < -0.39 is 0 Å². The van der Waals surface area contributed by atoms with Crippen molar-refractivity contribution < 1.29 is 9.59 Å². The monoisotopic (exact) mass is 318 g/mol. The molecule has 0 spiro atoms. The van der Waals surface area contributed by atoms with E-state index >= 15 is 0 Å². The smallest absolute Gasteiger partial charge is 0.236 e. The SMILES string of the molecule is NCCN(CC(=O)N1CCCC(C(N)=O)C1)Cc1ccccc1. The second-order valence-electron chi connectivity index (χ2n) is 6.07. The van der Waals surface area contributed by atoms with E-state index in [-0.39, 0.29) is 17.7 Å².